The lowest BCUT2D eigenvalue weighted by Gasteiger charge is -1.99. The molecule has 0 bridgehead atoms. The van der Waals surface area contributed by atoms with Crippen LogP contribution in [0.25, 0.3) is 10.7 Å². The van der Waals surface area contributed by atoms with Crippen molar-refractivity contribution in [3.05, 3.63) is 35.5 Å². The predicted molar refractivity (Wildman–Crippen MR) is 59.3 cm³/mol. The van der Waals surface area contributed by atoms with E-state index in [4.69, 9.17) is 0 Å². The van der Waals surface area contributed by atoms with E-state index >= 15 is 0 Å². The van der Waals surface area contributed by atoms with Crippen molar-refractivity contribution in [3.8, 4) is 10.7 Å². The number of rotatable bonds is 3. The van der Waals surface area contributed by atoms with Gasteiger partial charge < -0.3 is 0 Å². The highest BCUT2D eigenvalue weighted by molar-refractivity contribution is 7.13. The van der Waals surface area contributed by atoms with E-state index in [9.17, 15) is 0 Å². The monoisotopic (exact) mass is 204 g/mol. The molecule has 3 heteroatoms. The molecule has 0 unspecified atom stereocenters. The Morgan fingerprint density at radius 3 is 3.00 bits per heavy atom. The van der Waals surface area contributed by atoms with E-state index in [-0.39, 0.29) is 0 Å². The zero-order valence-electron chi connectivity index (χ0n) is 8.10. The Labute approximate surface area is 87.7 Å². The van der Waals surface area contributed by atoms with Gasteiger partial charge in [0, 0.05) is 17.3 Å². The van der Waals surface area contributed by atoms with Gasteiger partial charge in [0.05, 0.1) is 5.69 Å². The molecule has 0 atom stereocenters. The van der Waals surface area contributed by atoms with Gasteiger partial charge in [0.1, 0.15) is 5.01 Å². The van der Waals surface area contributed by atoms with Crippen molar-refractivity contribution in [1.82, 2.24) is 9.97 Å². The molecule has 0 saturated heterocycles. The molecular weight excluding hydrogens is 192 g/mol. The Hall–Kier alpha value is -1.22. The minimum atomic E-state index is 0.992. The van der Waals surface area contributed by atoms with Crippen LogP contribution in [0.15, 0.2) is 29.8 Å². The fraction of sp³-hybridized carbons (Fsp3) is 0.273. The van der Waals surface area contributed by atoms with Gasteiger partial charge in [-0.1, -0.05) is 19.4 Å². The number of nitrogens with zero attached hydrogens (tertiary/aromatic N) is 2. The summed E-state index contributed by atoms with van der Waals surface area (Å²) >= 11 is 1.63. The van der Waals surface area contributed by atoms with Gasteiger partial charge in [0.15, 0.2) is 0 Å². The summed E-state index contributed by atoms with van der Waals surface area (Å²) in [6.07, 6.45) is 3.99. The molecule has 0 spiro atoms. The molecule has 2 heterocycles. The van der Waals surface area contributed by atoms with Crippen LogP contribution >= 0.6 is 11.3 Å². The Balaban J connectivity index is 2.31. The third-order valence-corrected chi connectivity index (χ3v) is 2.76. The minimum absolute atomic E-state index is 0.992. The van der Waals surface area contributed by atoms with Crippen LogP contribution in [0.2, 0.25) is 0 Å². The van der Waals surface area contributed by atoms with E-state index in [2.05, 4.69) is 29.0 Å². The quantitative estimate of drug-likeness (QED) is 0.767. The van der Waals surface area contributed by atoms with Crippen LogP contribution < -0.4 is 0 Å². The summed E-state index contributed by atoms with van der Waals surface area (Å²) in [4.78, 5) is 8.80. The Kier molecular flexibility index (Phi) is 2.89. The smallest absolute Gasteiger partial charge is 0.141 e. The van der Waals surface area contributed by atoms with Crippen LogP contribution in [0.4, 0.5) is 0 Å². The maximum Gasteiger partial charge on any atom is 0.141 e. The molecule has 2 aromatic heterocycles. The number of aryl methyl sites for hydroxylation is 1. The molecule has 0 radical (unpaired) electrons. The maximum atomic E-state index is 4.55. The molecule has 0 saturated carbocycles. The molecule has 0 fully saturated rings. The normalized spacial score (nSPS) is 10.4. The van der Waals surface area contributed by atoms with E-state index in [1.54, 1.807) is 11.3 Å². The zero-order valence-corrected chi connectivity index (χ0v) is 8.92. The van der Waals surface area contributed by atoms with Crippen molar-refractivity contribution in [1.29, 1.82) is 0 Å². The number of aromatic nitrogens is 2. The van der Waals surface area contributed by atoms with Gasteiger partial charge in [0.25, 0.3) is 0 Å². The van der Waals surface area contributed by atoms with Gasteiger partial charge in [-0.25, -0.2) is 4.98 Å². The van der Waals surface area contributed by atoms with Crippen molar-refractivity contribution in [2.75, 3.05) is 0 Å². The highest BCUT2D eigenvalue weighted by atomic mass is 32.1. The first-order valence-electron chi connectivity index (χ1n) is 4.76. The standard InChI is InChI=1S/C11H12N2S/c1-2-4-9-5-3-6-10(13-9)11-12-7-8-14-11/h3,5-8H,2,4H2,1H3. The van der Waals surface area contributed by atoms with Crippen molar-refractivity contribution >= 4 is 11.3 Å². The number of thiazole rings is 1. The minimum Gasteiger partial charge on any atom is -0.250 e. The van der Waals surface area contributed by atoms with E-state index in [1.165, 1.54) is 0 Å². The zero-order chi connectivity index (χ0) is 9.80. The molecule has 0 N–H and O–H groups in total. The average molecular weight is 204 g/mol. The second-order valence-corrected chi connectivity index (χ2v) is 4.00. The summed E-state index contributed by atoms with van der Waals surface area (Å²) in [6, 6.07) is 6.13. The third-order valence-electron chi connectivity index (χ3n) is 1.96. The second-order valence-electron chi connectivity index (χ2n) is 3.10. The summed E-state index contributed by atoms with van der Waals surface area (Å²) < 4.78 is 0. The summed E-state index contributed by atoms with van der Waals surface area (Å²) in [7, 11) is 0. The second kappa shape index (κ2) is 4.33. The highest BCUT2D eigenvalue weighted by Crippen LogP contribution is 2.19. The van der Waals surface area contributed by atoms with Crippen molar-refractivity contribution < 1.29 is 0 Å². The first-order valence-corrected chi connectivity index (χ1v) is 5.64. The van der Waals surface area contributed by atoms with Gasteiger partial charge in [-0.3, -0.25) is 4.98 Å². The van der Waals surface area contributed by atoms with Crippen molar-refractivity contribution in [2.24, 2.45) is 0 Å². The molecule has 0 aromatic carbocycles. The van der Waals surface area contributed by atoms with E-state index in [0.29, 0.717) is 0 Å². The fourth-order valence-electron chi connectivity index (χ4n) is 1.34. The number of hydrogen-bond donors (Lipinski definition) is 0. The lowest BCUT2D eigenvalue weighted by Crippen LogP contribution is -1.90. The average Bonchev–Trinajstić information content (AvgIpc) is 2.71. The number of pyridine rings is 1. The molecule has 2 aromatic rings. The molecule has 72 valence electrons. The van der Waals surface area contributed by atoms with Crippen molar-refractivity contribution in [3.63, 3.8) is 0 Å². The van der Waals surface area contributed by atoms with Gasteiger partial charge in [-0.2, -0.15) is 0 Å². The summed E-state index contributed by atoms with van der Waals surface area (Å²) in [5, 5.41) is 2.98. The maximum absolute atomic E-state index is 4.55. The van der Waals surface area contributed by atoms with Gasteiger partial charge in [-0.15, -0.1) is 11.3 Å². The highest BCUT2D eigenvalue weighted by Gasteiger charge is 2.02. The van der Waals surface area contributed by atoms with Crippen molar-refractivity contribution in [2.45, 2.75) is 19.8 Å². The Morgan fingerprint density at radius 2 is 2.29 bits per heavy atom. The lowest BCUT2D eigenvalue weighted by molar-refractivity contribution is 0.884. The fourth-order valence-corrected chi connectivity index (χ4v) is 1.95. The molecule has 0 aliphatic heterocycles. The molecular formula is C11H12N2S. The molecule has 14 heavy (non-hydrogen) atoms. The molecule has 2 rings (SSSR count). The van der Waals surface area contributed by atoms with Crippen LogP contribution in [-0.4, -0.2) is 9.97 Å². The van der Waals surface area contributed by atoms with E-state index in [1.807, 2.05) is 17.6 Å². The van der Waals surface area contributed by atoms with Crippen LogP contribution in [0.5, 0.6) is 0 Å². The summed E-state index contributed by atoms with van der Waals surface area (Å²) in [5.74, 6) is 0. The number of hydrogen-bond acceptors (Lipinski definition) is 3. The first kappa shape index (κ1) is 9.34. The first-order chi connectivity index (χ1) is 6.90. The SMILES string of the molecule is CCCc1cccc(-c2nccs2)n1. The molecule has 0 aliphatic rings. The van der Waals surface area contributed by atoms with Gasteiger partial charge >= 0.3 is 0 Å². The van der Waals surface area contributed by atoms with Crippen LogP contribution in [0, 0.1) is 0 Å². The topological polar surface area (TPSA) is 25.8 Å². The van der Waals surface area contributed by atoms with Crippen LogP contribution in [0.1, 0.15) is 19.0 Å². The summed E-state index contributed by atoms with van der Waals surface area (Å²) in [6.45, 7) is 2.16. The molecule has 0 amide bonds. The van der Waals surface area contributed by atoms with Crippen LogP contribution in [0.3, 0.4) is 0 Å². The lowest BCUT2D eigenvalue weighted by atomic mass is 10.2. The molecule has 2 nitrogen and oxygen atoms in total. The molecule has 0 aliphatic carbocycles. The van der Waals surface area contributed by atoms with Gasteiger partial charge in [0.2, 0.25) is 0 Å². The van der Waals surface area contributed by atoms with E-state index < -0.39 is 0 Å². The third kappa shape index (κ3) is 1.99. The van der Waals surface area contributed by atoms with Gasteiger partial charge in [-0.05, 0) is 18.6 Å². The Morgan fingerprint density at radius 1 is 1.36 bits per heavy atom. The Bertz CT molecular complexity index is 395. The van der Waals surface area contributed by atoms with Crippen LogP contribution in [-0.2, 0) is 6.42 Å². The largest absolute Gasteiger partial charge is 0.250 e. The van der Waals surface area contributed by atoms with E-state index in [0.717, 1.165) is 29.2 Å². The predicted octanol–water partition coefficient (Wildman–Crippen LogP) is 3.16. The summed E-state index contributed by atoms with van der Waals surface area (Å²) in [5.41, 5.74) is 2.14.